The highest BCUT2D eigenvalue weighted by molar-refractivity contribution is 5.96. The molecule has 1 aromatic heterocycles. The highest BCUT2D eigenvalue weighted by Crippen LogP contribution is 2.20. The molecule has 0 radical (unpaired) electrons. The summed E-state index contributed by atoms with van der Waals surface area (Å²) in [5, 5.41) is 0. The van der Waals surface area contributed by atoms with Crippen LogP contribution < -0.4 is 5.69 Å². The number of likely N-dealkylation sites (N-methyl/N-ethyl adjacent to an activating group) is 1. The van der Waals surface area contributed by atoms with E-state index in [0.29, 0.717) is 25.3 Å². The van der Waals surface area contributed by atoms with Crippen LogP contribution in [0.2, 0.25) is 0 Å². The first kappa shape index (κ1) is 17.2. The molecule has 7 nitrogen and oxygen atoms in total. The van der Waals surface area contributed by atoms with Crippen molar-refractivity contribution in [1.29, 1.82) is 0 Å². The Morgan fingerprint density at radius 1 is 1.35 bits per heavy atom. The van der Waals surface area contributed by atoms with Gasteiger partial charge >= 0.3 is 5.69 Å². The Balaban J connectivity index is 2.33. The predicted molar refractivity (Wildman–Crippen MR) is 86.3 cm³/mol. The molecular formula is C16H24N4O3. The number of hydrogen-bond donors (Lipinski definition) is 1. The average Bonchev–Trinajstić information content (AvgIpc) is 2.48. The number of aromatic amines is 1. The van der Waals surface area contributed by atoms with Crippen molar-refractivity contribution in [3.8, 4) is 0 Å². The molecule has 7 heteroatoms. The number of carbonyl (C=O) groups is 2. The van der Waals surface area contributed by atoms with E-state index in [4.69, 9.17) is 0 Å². The summed E-state index contributed by atoms with van der Waals surface area (Å²) >= 11 is 0. The maximum atomic E-state index is 12.7. The molecule has 2 rings (SSSR count). The summed E-state index contributed by atoms with van der Waals surface area (Å²) in [4.78, 5) is 46.4. The highest BCUT2D eigenvalue weighted by Gasteiger charge is 2.34. The summed E-state index contributed by atoms with van der Waals surface area (Å²) in [5.41, 5.74) is -0.123. The average molecular weight is 320 g/mol. The Kier molecular flexibility index (Phi) is 4.58. The SMILES string of the molecule is CCN1CCN(C(=O)c2cc(C(C)(C)C)[nH]c(=O)n2)[C@H](C)C1=O. The number of H-pyrrole nitrogens is 1. The van der Waals surface area contributed by atoms with Crippen molar-refractivity contribution in [1.82, 2.24) is 19.8 Å². The lowest BCUT2D eigenvalue weighted by molar-refractivity contribution is -0.139. The lowest BCUT2D eigenvalue weighted by atomic mass is 9.91. The van der Waals surface area contributed by atoms with Crippen LogP contribution in [0.4, 0.5) is 0 Å². The molecule has 2 amide bonds. The van der Waals surface area contributed by atoms with Gasteiger partial charge in [-0.05, 0) is 19.9 Å². The van der Waals surface area contributed by atoms with Crippen LogP contribution in [0, 0.1) is 0 Å². The first-order valence-electron chi connectivity index (χ1n) is 7.86. The number of carbonyl (C=O) groups excluding carboxylic acids is 2. The van der Waals surface area contributed by atoms with E-state index in [-0.39, 0.29) is 22.9 Å². The molecule has 0 unspecified atom stereocenters. The maximum Gasteiger partial charge on any atom is 0.345 e. The second-order valence-electron chi connectivity index (χ2n) is 6.83. The van der Waals surface area contributed by atoms with E-state index < -0.39 is 11.7 Å². The van der Waals surface area contributed by atoms with Crippen molar-refractivity contribution in [2.24, 2.45) is 0 Å². The maximum absolute atomic E-state index is 12.7. The van der Waals surface area contributed by atoms with Crippen LogP contribution in [-0.2, 0) is 10.2 Å². The Bertz CT molecular complexity index is 675. The van der Waals surface area contributed by atoms with Gasteiger partial charge in [0.2, 0.25) is 5.91 Å². The molecule has 0 aromatic carbocycles. The van der Waals surface area contributed by atoms with Crippen molar-refractivity contribution in [3.05, 3.63) is 27.9 Å². The summed E-state index contributed by atoms with van der Waals surface area (Å²) < 4.78 is 0. The van der Waals surface area contributed by atoms with Crippen LogP contribution in [0.25, 0.3) is 0 Å². The van der Waals surface area contributed by atoms with Gasteiger partial charge in [-0.2, -0.15) is 4.98 Å². The van der Waals surface area contributed by atoms with E-state index >= 15 is 0 Å². The second kappa shape index (κ2) is 6.14. The van der Waals surface area contributed by atoms with Gasteiger partial charge in [0.05, 0.1) is 0 Å². The quantitative estimate of drug-likeness (QED) is 0.871. The molecule has 1 N–H and O–H groups in total. The van der Waals surface area contributed by atoms with Crippen LogP contribution in [0.3, 0.4) is 0 Å². The Morgan fingerprint density at radius 3 is 2.57 bits per heavy atom. The Labute approximate surface area is 135 Å². The molecule has 1 atom stereocenters. The molecule has 23 heavy (non-hydrogen) atoms. The largest absolute Gasteiger partial charge is 0.345 e. The van der Waals surface area contributed by atoms with E-state index in [1.165, 1.54) is 4.90 Å². The molecule has 1 saturated heterocycles. The van der Waals surface area contributed by atoms with Crippen LogP contribution in [-0.4, -0.2) is 57.3 Å². The van der Waals surface area contributed by atoms with Gasteiger partial charge in [0, 0.05) is 30.7 Å². The van der Waals surface area contributed by atoms with E-state index in [1.54, 1.807) is 17.9 Å². The zero-order valence-corrected chi connectivity index (χ0v) is 14.3. The molecule has 126 valence electrons. The first-order valence-corrected chi connectivity index (χ1v) is 7.86. The monoisotopic (exact) mass is 320 g/mol. The molecule has 0 bridgehead atoms. The number of hydrogen-bond acceptors (Lipinski definition) is 4. The number of nitrogens with zero attached hydrogens (tertiary/aromatic N) is 3. The predicted octanol–water partition coefficient (Wildman–Crippen LogP) is 0.760. The lowest BCUT2D eigenvalue weighted by Crippen LogP contribution is -2.57. The number of aromatic nitrogens is 2. The number of nitrogens with one attached hydrogen (secondary N) is 1. The van der Waals surface area contributed by atoms with Gasteiger partial charge in [0.1, 0.15) is 11.7 Å². The van der Waals surface area contributed by atoms with Gasteiger partial charge in [-0.1, -0.05) is 20.8 Å². The highest BCUT2D eigenvalue weighted by atomic mass is 16.2. The summed E-state index contributed by atoms with van der Waals surface area (Å²) in [7, 11) is 0. The van der Waals surface area contributed by atoms with Crippen LogP contribution in [0.5, 0.6) is 0 Å². The molecule has 0 aliphatic carbocycles. The van der Waals surface area contributed by atoms with Gasteiger partial charge in [0.15, 0.2) is 0 Å². The molecule has 0 saturated carbocycles. The fourth-order valence-corrected chi connectivity index (χ4v) is 2.64. The normalized spacial score (nSPS) is 19.2. The van der Waals surface area contributed by atoms with Gasteiger partial charge in [-0.15, -0.1) is 0 Å². The summed E-state index contributed by atoms with van der Waals surface area (Å²) in [6, 6.07) is 1.06. The molecule has 1 fully saturated rings. The van der Waals surface area contributed by atoms with Gasteiger partial charge in [-0.3, -0.25) is 9.59 Å². The third kappa shape index (κ3) is 3.43. The molecular weight excluding hydrogens is 296 g/mol. The summed E-state index contributed by atoms with van der Waals surface area (Å²) in [5.74, 6) is -0.453. The first-order chi connectivity index (χ1) is 10.6. The summed E-state index contributed by atoms with van der Waals surface area (Å²) in [6.07, 6.45) is 0. The standard InChI is InChI=1S/C16H24N4O3/c1-6-19-7-8-20(10(2)13(19)21)14(22)11-9-12(16(3,4)5)18-15(23)17-11/h9-10H,6-8H2,1-5H3,(H,17,18,23)/t10-/m1/s1. The minimum absolute atomic E-state index is 0.0759. The van der Waals surface area contributed by atoms with E-state index in [0.717, 1.165) is 0 Å². The van der Waals surface area contributed by atoms with Gasteiger partial charge in [-0.25, -0.2) is 4.79 Å². The van der Waals surface area contributed by atoms with Crippen molar-refractivity contribution in [2.75, 3.05) is 19.6 Å². The fraction of sp³-hybridized carbons (Fsp3) is 0.625. The van der Waals surface area contributed by atoms with Gasteiger partial charge in [0.25, 0.3) is 5.91 Å². The molecule has 1 aromatic rings. The zero-order chi connectivity index (χ0) is 17.4. The third-order valence-corrected chi connectivity index (χ3v) is 4.16. The number of amides is 2. The molecule has 2 heterocycles. The van der Waals surface area contributed by atoms with E-state index in [1.807, 2.05) is 27.7 Å². The third-order valence-electron chi connectivity index (χ3n) is 4.16. The van der Waals surface area contributed by atoms with Crippen molar-refractivity contribution >= 4 is 11.8 Å². The van der Waals surface area contributed by atoms with Crippen molar-refractivity contribution in [2.45, 2.75) is 46.1 Å². The molecule has 0 spiro atoms. The van der Waals surface area contributed by atoms with E-state index in [2.05, 4.69) is 9.97 Å². The van der Waals surface area contributed by atoms with Gasteiger partial charge < -0.3 is 14.8 Å². The number of rotatable bonds is 2. The van der Waals surface area contributed by atoms with E-state index in [9.17, 15) is 14.4 Å². The minimum Gasteiger partial charge on any atom is -0.339 e. The van der Waals surface area contributed by atoms with Crippen LogP contribution >= 0.6 is 0 Å². The Hall–Kier alpha value is -2.18. The van der Waals surface area contributed by atoms with Crippen molar-refractivity contribution < 1.29 is 9.59 Å². The molecule has 1 aliphatic heterocycles. The smallest absolute Gasteiger partial charge is 0.339 e. The van der Waals surface area contributed by atoms with Crippen LogP contribution in [0.1, 0.15) is 50.8 Å². The number of piperazine rings is 1. The Morgan fingerprint density at radius 2 is 2.00 bits per heavy atom. The zero-order valence-electron chi connectivity index (χ0n) is 14.3. The topological polar surface area (TPSA) is 86.4 Å². The van der Waals surface area contributed by atoms with Crippen LogP contribution in [0.15, 0.2) is 10.9 Å². The fourth-order valence-electron chi connectivity index (χ4n) is 2.64. The second-order valence-corrected chi connectivity index (χ2v) is 6.83. The lowest BCUT2D eigenvalue weighted by Gasteiger charge is -2.38. The summed E-state index contributed by atoms with van der Waals surface area (Å²) in [6.45, 7) is 11.0. The minimum atomic E-state index is -0.549. The van der Waals surface area contributed by atoms with Crippen molar-refractivity contribution in [3.63, 3.8) is 0 Å². The molecule has 1 aliphatic rings.